The second-order valence-corrected chi connectivity index (χ2v) is 5.95. The molecular formula is C12H16N4O2S. The molecule has 1 N–H and O–H groups in total. The third-order valence-electron chi connectivity index (χ3n) is 3.32. The van der Waals surface area contributed by atoms with E-state index in [0.717, 1.165) is 28.6 Å². The van der Waals surface area contributed by atoms with Gasteiger partial charge in [0, 0.05) is 13.6 Å². The zero-order valence-corrected chi connectivity index (χ0v) is 11.8. The second-order valence-electron chi connectivity index (χ2n) is 5.01. The Bertz CT molecular complexity index is 642. The monoisotopic (exact) mass is 280 g/mol. The Morgan fingerprint density at radius 2 is 2.26 bits per heavy atom. The molecule has 1 aliphatic carbocycles. The summed E-state index contributed by atoms with van der Waals surface area (Å²) < 4.78 is 3.96. The summed E-state index contributed by atoms with van der Waals surface area (Å²) in [5.41, 5.74) is 2.78. The lowest BCUT2D eigenvalue weighted by molar-refractivity contribution is -0.133. The largest absolute Gasteiger partial charge is 0.481 e. The molecule has 2 aromatic rings. The topological polar surface area (TPSA) is 72.9 Å². The highest BCUT2D eigenvalue weighted by atomic mass is 32.2. The molecule has 19 heavy (non-hydrogen) atoms. The molecule has 7 heteroatoms. The van der Waals surface area contributed by atoms with Crippen LogP contribution in [0.2, 0.25) is 0 Å². The van der Waals surface area contributed by atoms with Crippen LogP contribution in [-0.2, 0) is 18.4 Å². The van der Waals surface area contributed by atoms with Crippen molar-refractivity contribution in [1.82, 2.24) is 19.3 Å². The van der Waals surface area contributed by atoms with Gasteiger partial charge in [-0.1, -0.05) is 11.8 Å². The molecule has 1 aliphatic rings. The number of carboxylic acids is 1. The third-order valence-corrected chi connectivity index (χ3v) is 4.28. The number of fused-ring (bicyclic) bond motifs is 1. The van der Waals surface area contributed by atoms with Gasteiger partial charge < -0.3 is 9.67 Å². The van der Waals surface area contributed by atoms with Crippen molar-refractivity contribution < 1.29 is 9.90 Å². The Morgan fingerprint density at radius 1 is 1.53 bits per heavy atom. The summed E-state index contributed by atoms with van der Waals surface area (Å²) >= 11 is 1.28. The van der Waals surface area contributed by atoms with Crippen LogP contribution in [0.1, 0.15) is 18.5 Å². The van der Waals surface area contributed by atoms with Crippen molar-refractivity contribution in [2.24, 2.45) is 13.0 Å². The Balaban J connectivity index is 2.02. The van der Waals surface area contributed by atoms with Crippen LogP contribution >= 0.6 is 11.8 Å². The SMILES string of the molecule is Cc1nn(C)c2c1nc(SCC(=O)O)n2CC1CC1. The van der Waals surface area contributed by atoms with Crippen molar-refractivity contribution in [3.8, 4) is 0 Å². The fraction of sp³-hybridized carbons (Fsp3) is 0.583. The molecule has 2 heterocycles. The predicted molar refractivity (Wildman–Crippen MR) is 72.3 cm³/mol. The summed E-state index contributed by atoms with van der Waals surface area (Å²) in [4.78, 5) is 15.3. The van der Waals surface area contributed by atoms with Crippen LogP contribution in [0.25, 0.3) is 11.2 Å². The van der Waals surface area contributed by atoms with E-state index in [1.54, 1.807) is 0 Å². The van der Waals surface area contributed by atoms with Crippen molar-refractivity contribution in [1.29, 1.82) is 0 Å². The molecule has 1 saturated carbocycles. The molecule has 6 nitrogen and oxygen atoms in total. The molecule has 0 bridgehead atoms. The average molecular weight is 280 g/mol. The molecule has 102 valence electrons. The summed E-state index contributed by atoms with van der Waals surface area (Å²) in [5.74, 6) is -0.0674. The Hall–Kier alpha value is -1.50. The van der Waals surface area contributed by atoms with E-state index in [-0.39, 0.29) is 5.75 Å². The molecule has 0 aliphatic heterocycles. The van der Waals surface area contributed by atoms with Gasteiger partial charge in [0.15, 0.2) is 10.8 Å². The zero-order valence-electron chi connectivity index (χ0n) is 11.0. The van der Waals surface area contributed by atoms with Gasteiger partial charge in [-0.25, -0.2) is 4.98 Å². The van der Waals surface area contributed by atoms with Crippen LogP contribution in [-0.4, -0.2) is 36.2 Å². The lowest BCUT2D eigenvalue weighted by Crippen LogP contribution is -2.07. The van der Waals surface area contributed by atoms with Crippen LogP contribution in [0.5, 0.6) is 0 Å². The van der Waals surface area contributed by atoms with E-state index in [9.17, 15) is 4.79 Å². The lowest BCUT2D eigenvalue weighted by atomic mass is 10.4. The molecule has 1 fully saturated rings. The number of thioether (sulfide) groups is 1. The van der Waals surface area contributed by atoms with E-state index in [0.29, 0.717) is 5.92 Å². The number of aliphatic carboxylic acids is 1. The molecule has 0 atom stereocenters. The first-order chi connectivity index (χ1) is 9.06. The van der Waals surface area contributed by atoms with Gasteiger partial charge in [0.05, 0.1) is 11.4 Å². The minimum absolute atomic E-state index is 0.0421. The standard InChI is InChI=1S/C12H16N4O2S/c1-7-10-11(15(2)14-7)16(5-8-3-4-8)12(13-10)19-6-9(17)18/h8H,3-6H2,1-2H3,(H,17,18). The van der Waals surface area contributed by atoms with E-state index < -0.39 is 5.97 Å². The number of nitrogens with zero attached hydrogens (tertiary/aromatic N) is 4. The molecule has 2 aromatic heterocycles. The number of hydrogen-bond acceptors (Lipinski definition) is 4. The van der Waals surface area contributed by atoms with Gasteiger partial charge in [-0.3, -0.25) is 9.48 Å². The van der Waals surface area contributed by atoms with Gasteiger partial charge in [0.1, 0.15) is 5.52 Å². The number of hydrogen-bond donors (Lipinski definition) is 1. The normalized spacial score (nSPS) is 15.3. The summed E-state index contributed by atoms with van der Waals surface area (Å²) in [5, 5.41) is 14.0. The number of carboxylic acid groups (broad SMARTS) is 1. The van der Waals surface area contributed by atoms with Crippen LogP contribution < -0.4 is 0 Å². The molecule has 0 spiro atoms. The molecule has 0 radical (unpaired) electrons. The van der Waals surface area contributed by atoms with E-state index >= 15 is 0 Å². The fourth-order valence-electron chi connectivity index (χ4n) is 2.27. The summed E-state index contributed by atoms with van der Waals surface area (Å²) in [6.45, 7) is 2.85. The number of rotatable bonds is 5. The Labute approximate surface area is 114 Å². The summed E-state index contributed by atoms with van der Waals surface area (Å²) in [7, 11) is 1.91. The molecular weight excluding hydrogens is 264 g/mol. The Morgan fingerprint density at radius 3 is 2.89 bits per heavy atom. The first-order valence-electron chi connectivity index (χ1n) is 6.30. The highest BCUT2D eigenvalue weighted by Gasteiger charge is 2.26. The van der Waals surface area contributed by atoms with E-state index in [1.807, 2.05) is 18.7 Å². The van der Waals surface area contributed by atoms with E-state index in [1.165, 1.54) is 24.6 Å². The molecule has 0 amide bonds. The van der Waals surface area contributed by atoms with Gasteiger partial charge in [0.2, 0.25) is 0 Å². The van der Waals surface area contributed by atoms with E-state index in [4.69, 9.17) is 5.11 Å². The van der Waals surface area contributed by atoms with Gasteiger partial charge in [-0.05, 0) is 25.7 Å². The maximum absolute atomic E-state index is 10.7. The number of carbonyl (C=O) groups is 1. The van der Waals surface area contributed by atoms with Crippen LogP contribution in [0.4, 0.5) is 0 Å². The molecule has 0 unspecified atom stereocenters. The van der Waals surface area contributed by atoms with Crippen molar-refractivity contribution in [2.75, 3.05) is 5.75 Å². The first kappa shape index (κ1) is 12.5. The van der Waals surface area contributed by atoms with Gasteiger partial charge in [-0.15, -0.1) is 0 Å². The second kappa shape index (κ2) is 4.56. The van der Waals surface area contributed by atoms with Crippen molar-refractivity contribution in [3.05, 3.63) is 5.69 Å². The lowest BCUT2D eigenvalue weighted by Gasteiger charge is -2.07. The molecule has 0 aromatic carbocycles. The average Bonchev–Trinajstić information content (AvgIpc) is 3.00. The maximum Gasteiger partial charge on any atom is 0.313 e. The zero-order chi connectivity index (χ0) is 13.6. The summed E-state index contributed by atoms with van der Waals surface area (Å²) in [6, 6.07) is 0. The number of imidazole rings is 1. The maximum atomic E-state index is 10.7. The summed E-state index contributed by atoms with van der Waals surface area (Å²) in [6.07, 6.45) is 2.50. The van der Waals surface area contributed by atoms with Crippen molar-refractivity contribution in [2.45, 2.75) is 31.5 Å². The molecule has 3 rings (SSSR count). The number of aryl methyl sites for hydroxylation is 2. The number of aromatic nitrogens is 4. The fourth-order valence-corrected chi connectivity index (χ4v) is 3.00. The minimum Gasteiger partial charge on any atom is -0.481 e. The first-order valence-corrected chi connectivity index (χ1v) is 7.29. The predicted octanol–water partition coefficient (Wildman–Crippen LogP) is 1.66. The van der Waals surface area contributed by atoms with Gasteiger partial charge in [-0.2, -0.15) is 5.10 Å². The highest BCUT2D eigenvalue weighted by molar-refractivity contribution is 7.99. The highest BCUT2D eigenvalue weighted by Crippen LogP contribution is 2.34. The van der Waals surface area contributed by atoms with Gasteiger partial charge >= 0.3 is 5.97 Å². The minimum atomic E-state index is -0.815. The Kier molecular flexibility index (Phi) is 3.00. The van der Waals surface area contributed by atoms with Crippen LogP contribution in [0.15, 0.2) is 5.16 Å². The van der Waals surface area contributed by atoms with Crippen molar-refractivity contribution >= 4 is 28.9 Å². The quantitative estimate of drug-likeness (QED) is 0.843. The molecule has 0 saturated heterocycles. The van der Waals surface area contributed by atoms with Crippen LogP contribution in [0.3, 0.4) is 0 Å². The van der Waals surface area contributed by atoms with Crippen LogP contribution in [0, 0.1) is 12.8 Å². The van der Waals surface area contributed by atoms with Crippen molar-refractivity contribution in [3.63, 3.8) is 0 Å². The smallest absolute Gasteiger partial charge is 0.313 e. The van der Waals surface area contributed by atoms with E-state index in [2.05, 4.69) is 14.6 Å². The third kappa shape index (κ3) is 2.34. The van der Waals surface area contributed by atoms with Gasteiger partial charge in [0.25, 0.3) is 0 Å².